The first-order valence-electron chi connectivity index (χ1n) is 9.59. The van der Waals surface area contributed by atoms with Crippen LogP contribution < -0.4 is 5.32 Å². The molecular formula is C20H37NO3. The summed E-state index contributed by atoms with van der Waals surface area (Å²) in [6, 6.07) is 0. The first-order chi connectivity index (χ1) is 11.7. The largest absolute Gasteiger partial charge is 0.395 e. The van der Waals surface area contributed by atoms with Gasteiger partial charge in [0.1, 0.15) is 0 Å². The molecule has 0 fully saturated rings. The Morgan fingerprint density at radius 3 is 2.54 bits per heavy atom. The van der Waals surface area contributed by atoms with Gasteiger partial charge in [0, 0.05) is 13.0 Å². The molecule has 0 radical (unpaired) electrons. The first-order valence-corrected chi connectivity index (χ1v) is 9.59. The number of aliphatic hydroxyl groups excluding tert-OH is 2. The Labute approximate surface area is 148 Å². The highest BCUT2D eigenvalue weighted by Gasteiger charge is 1.99. The van der Waals surface area contributed by atoms with E-state index in [0.29, 0.717) is 13.0 Å². The lowest BCUT2D eigenvalue weighted by Crippen LogP contribution is -2.25. The van der Waals surface area contributed by atoms with Crippen LogP contribution in [0.15, 0.2) is 24.3 Å². The summed E-state index contributed by atoms with van der Waals surface area (Å²) in [5.41, 5.74) is 0. The predicted octanol–water partition coefficient (Wildman–Crippen LogP) is 3.88. The third-order valence-electron chi connectivity index (χ3n) is 3.89. The van der Waals surface area contributed by atoms with Crippen LogP contribution in [0.1, 0.15) is 77.6 Å². The van der Waals surface area contributed by atoms with Gasteiger partial charge in [-0.2, -0.15) is 0 Å². The van der Waals surface area contributed by atoms with E-state index in [1.54, 1.807) is 0 Å². The van der Waals surface area contributed by atoms with E-state index in [1.165, 1.54) is 25.7 Å². The summed E-state index contributed by atoms with van der Waals surface area (Å²) < 4.78 is 0. The van der Waals surface area contributed by atoms with Gasteiger partial charge < -0.3 is 15.5 Å². The highest BCUT2D eigenvalue weighted by molar-refractivity contribution is 5.75. The van der Waals surface area contributed by atoms with E-state index in [0.717, 1.165) is 38.5 Å². The van der Waals surface area contributed by atoms with Crippen LogP contribution in [0.2, 0.25) is 0 Å². The van der Waals surface area contributed by atoms with Crippen molar-refractivity contribution in [3.63, 3.8) is 0 Å². The van der Waals surface area contributed by atoms with Gasteiger partial charge in [0.2, 0.25) is 5.91 Å². The van der Waals surface area contributed by atoms with E-state index in [1.807, 2.05) is 18.2 Å². The second-order valence-electron chi connectivity index (χ2n) is 6.26. The number of nitrogens with one attached hydrogen (secondary N) is 1. The van der Waals surface area contributed by atoms with Crippen LogP contribution in [-0.4, -0.2) is 35.4 Å². The molecule has 0 saturated carbocycles. The molecule has 0 aliphatic carbocycles. The second kappa shape index (κ2) is 18.2. The number of allylic oxidation sites excluding steroid dienone is 3. The summed E-state index contributed by atoms with van der Waals surface area (Å²) >= 11 is 0. The van der Waals surface area contributed by atoms with Crippen LogP contribution in [0.4, 0.5) is 0 Å². The van der Waals surface area contributed by atoms with Gasteiger partial charge in [-0.05, 0) is 25.7 Å². The molecule has 4 nitrogen and oxygen atoms in total. The molecule has 0 spiro atoms. The molecule has 1 unspecified atom stereocenters. The molecule has 1 atom stereocenters. The Morgan fingerprint density at radius 2 is 1.79 bits per heavy atom. The van der Waals surface area contributed by atoms with Crippen LogP contribution in [0.3, 0.4) is 0 Å². The van der Waals surface area contributed by atoms with Gasteiger partial charge >= 0.3 is 0 Å². The molecule has 0 heterocycles. The van der Waals surface area contributed by atoms with Crippen molar-refractivity contribution in [3.8, 4) is 0 Å². The molecule has 0 rings (SSSR count). The lowest BCUT2D eigenvalue weighted by molar-refractivity contribution is -0.121. The zero-order valence-corrected chi connectivity index (χ0v) is 15.4. The average Bonchev–Trinajstić information content (AvgIpc) is 2.58. The van der Waals surface area contributed by atoms with Gasteiger partial charge in [0.05, 0.1) is 12.7 Å². The first kappa shape index (κ1) is 22.9. The third kappa shape index (κ3) is 17.2. The molecule has 0 aromatic heterocycles. The Bertz CT molecular complexity index is 340. The number of aliphatic hydroxyl groups is 2. The second-order valence-corrected chi connectivity index (χ2v) is 6.26. The van der Waals surface area contributed by atoms with Crippen molar-refractivity contribution in [2.45, 2.75) is 83.7 Å². The van der Waals surface area contributed by atoms with Crippen LogP contribution >= 0.6 is 0 Å². The Kier molecular flexibility index (Phi) is 17.4. The predicted molar refractivity (Wildman–Crippen MR) is 101 cm³/mol. The van der Waals surface area contributed by atoms with E-state index < -0.39 is 0 Å². The minimum absolute atomic E-state index is 0.00621. The minimum Gasteiger partial charge on any atom is -0.395 e. The molecule has 0 aliphatic rings. The van der Waals surface area contributed by atoms with Crippen molar-refractivity contribution in [3.05, 3.63) is 24.3 Å². The SMILES string of the molecule is CCCCCC(O)/C=C/C=C\CCCCCCCC(=O)NCCO. The summed E-state index contributed by atoms with van der Waals surface area (Å²) in [5.74, 6) is 0.0376. The zero-order chi connectivity index (χ0) is 17.9. The Hall–Kier alpha value is -1.13. The topological polar surface area (TPSA) is 69.6 Å². The summed E-state index contributed by atoms with van der Waals surface area (Å²) in [5, 5.41) is 21.0. The van der Waals surface area contributed by atoms with Gasteiger partial charge in [-0.25, -0.2) is 0 Å². The monoisotopic (exact) mass is 339 g/mol. The van der Waals surface area contributed by atoms with Crippen molar-refractivity contribution in [1.29, 1.82) is 0 Å². The van der Waals surface area contributed by atoms with Gasteiger partial charge in [-0.15, -0.1) is 0 Å². The van der Waals surface area contributed by atoms with Gasteiger partial charge in [-0.1, -0.05) is 69.8 Å². The Balaban J connectivity index is 3.38. The van der Waals surface area contributed by atoms with Gasteiger partial charge in [0.15, 0.2) is 0 Å². The fourth-order valence-electron chi connectivity index (χ4n) is 2.43. The summed E-state index contributed by atoms with van der Waals surface area (Å²) in [6.07, 6.45) is 19.1. The molecule has 0 aliphatic heterocycles. The quantitative estimate of drug-likeness (QED) is 0.295. The van der Waals surface area contributed by atoms with Crippen molar-refractivity contribution < 1.29 is 15.0 Å². The summed E-state index contributed by atoms with van der Waals surface area (Å²) in [6.45, 7) is 2.53. The smallest absolute Gasteiger partial charge is 0.220 e. The lowest BCUT2D eigenvalue weighted by Gasteiger charge is -2.03. The summed E-state index contributed by atoms with van der Waals surface area (Å²) in [4.78, 5) is 11.3. The number of amides is 1. The van der Waals surface area contributed by atoms with Crippen LogP contribution in [-0.2, 0) is 4.79 Å². The Morgan fingerprint density at radius 1 is 1.04 bits per heavy atom. The maximum absolute atomic E-state index is 11.3. The number of unbranched alkanes of at least 4 members (excludes halogenated alkanes) is 7. The van der Waals surface area contributed by atoms with E-state index in [4.69, 9.17) is 5.11 Å². The van der Waals surface area contributed by atoms with E-state index >= 15 is 0 Å². The molecule has 0 saturated heterocycles. The molecule has 24 heavy (non-hydrogen) atoms. The highest BCUT2D eigenvalue weighted by atomic mass is 16.3. The van der Waals surface area contributed by atoms with Crippen molar-refractivity contribution >= 4 is 5.91 Å². The number of hydrogen-bond acceptors (Lipinski definition) is 3. The minimum atomic E-state index is -0.309. The molecule has 4 heteroatoms. The molecule has 3 N–H and O–H groups in total. The molecule has 0 aromatic rings. The van der Waals surface area contributed by atoms with Gasteiger partial charge in [0.25, 0.3) is 0 Å². The maximum atomic E-state index is 11.3. The normalized spacial score (nSPS) is 13.0. The maximum Gasteiger partial charge on any atom is 0.220 e. The number of rotatable bonds is 16. The molecule has 1 amide bonds. The number of carbonyl (C=O) groups is 1. The molecule has 0 bridgehead atoms. The number of hydrogen-bond donors (Lipinski definition) is 3. The molecule has 0 aromatic carbocycles. The van der Waals surface area contributed by atoms with Crippen LogP contribution in [0.25, 0.3) is 0 Å². The van der Waals surface area contributed by atoms with E-state index in [2.05, 4.69) is 18.3 Å². The van der Waals surface area contributed by atoms with Gasteiger partial charge in [-0.3, -0.25) is 4.79 Å². The molecule has 140 valence electrons. The van der Waals surface area contributed by atoms with Crippen LogP contribution in [0.5, 0.6) is 0 Å². The molecular weight excluding hydrogens is 302 g/mol. The van der Waals surface area contributed by atoms with Crippen LogP contribution in [0, 0.1) is 0 Å². The standard InChI is InChI=1S/C20H37NO3/c1-2-3-11-14-19(23)15-12-9-7-5-4-6-8-10-13-16-20(24)21-17-18-22/h7,9,12,15,19,22-23H,2-6,8,10-11,13-14,16-18H2,1H3,(H,21,24)/b9-7-,15-12+. The average molecular weight is 340 g/mol. The zero-order valence-electron chi connectivity index (χ0n) is 15.4. The highest BCUT2D eigenvalue weighted by Crippen LogP contribution is 2.08. The van der Waals surface area contributed by atoms with E-state index in [9.17, 15) is 9.90 Å². The fraction of sp³-hybridized carbons (Fsp3) is 0.750. The summed E-state index contributed by atoms with van der Waals surface area (Å²) in [7, 11) is 0. The fourth-order valence-corrected chi connectivity index (χ4v) is 2.43. The lowest BCUT2D eigenvalue weighted by atomic mass is 10.1. The van der Waals surface area contributed by atoms with Crippen molar-refractivity contribution in [1.82, 2.24) is 5.32 Å². The third-order valence-corrected chi connectivity index (χ3v) is 3.89. The van der Waals surface area contributed by atoms with Crippen molar-refractivity contribution in [2.75, 3.05) is 13.2 Å². The van der Waals surface area contributed by atoms with E-state index in [-0.39, 0.29) is 18.6 Å². The van der Waals surface area contributed by atoms with Crippen molar-refractivity contribution in [2.24, 2.45) is 0 Å². The number of carbonyl (C=O) groups excluding carboxylic acids is 1.